The maximum Gasteiger partial charge on any atom is 0.313 e. The lowest BCUT2D eigenvalue weighted by molar-refractivity contribution is -0.133. The fourth-order valence-electron chi connectivity index (χ4n) is 1.53. The monoisotopic (exact) mass is 281 g/mol. The first-order valence-corrected chi connectivity index (χ1v) is 7.02. The number of ether oxygens (including phenoxy) is 1. The summed E-state index contributed by atoms with van der Waals surface area (Å²) >= 11 is 1.14. The zero-order valence-corrected chi connectivity index (χ0v) is 11.4. The number of nitrogens with zero attached hydrogens (tertiary/aromatic N) is 3. The second kappa shape index (κ2) is 6.42. The van der Waals surface area contributed by atoms with Gasteiger partial charge < -0.3 is 9.84 Å². The van der Waals surface area contributed by atoms with Crippen LogP contribution in [0.1, 0.15) is 19.8 Å². The van der Waals surface area contributed by atoms with Crippen molar-refractivity contribution in [1.29, 1.82) is 0 Å². The Kier molecular flexibility index (Phi) is 4.62. The van der Waals surface area contributed by atoms with E-state index in [9.17, 15) is 4.79 Å². The normalized spacial score (nSPS) is 10.8. The summed E-state index contributed by atoms with van der Waals surface area (Å²) in [6.07, 6.45) is 3.84. The molecule has 0 spiro atoms. The Labute approximate surface area is 114 Å². The van der Waals surface area contributed by atoms with Crippen LogP contribution in [-0.2, 0) is 4.79 Å². The molecule has 0 unspecified atom stereocenters. The number of hydrogen-bond donors (Lipinski definition) is 1. The molecule has 2 aromatic heterocycles. The van der Waals surface area contributed by atoms with Crippen LogP contribution in [0.4, 0.5) is 0 Å². The topological polar surface area (TPSA) is 76.7 Å². The van der Waals surface area contributed by atoms with Crippen LogP contribution < -0.4 is 4.74 Å². The van der Waals surface area contributed by atoms with Crippen LogP contribution in [0, 0.1) is 0 Å². The Balaban J connectivity index is 2.19. The summed E-state index contributed by atoms with van der Waals surface area (Å²) in [4.78, 5) is 10.6. The van der Waals surface area contributed by atoms with Crippen molar-refractivity contribution in [2.75, 3.05) is 12.4 Å². The largest absolute Gasteiger partial charge is 0.490 e. The van der Waals surface area contributed by atoms with E-state index in [4.69, 9.17) is 9.84 Å². The van der Waals surface area contributed by atoms with Gasteiger partial charge in [-0.25, -0.2) is 0 Å². The number of fused-ring (bicyclic) bond motifs is 1. The predicted octanol–water partition coefficient (Wildman–Crippen LogP) is 2.08. The fourth-order valence-corrected chi connectivity index (χ4v) is 2.17. The Morgan fingerprint density at radius 1 is 1.53 bits per heavy atom. The molecule has 0 fully saturated rings. The number of pyridine rings is 1. The van der Waals surface area contributed by atoms with Gasteiger partial charge in [0.15, 0.2) is 10.9 Å². The van der Waals surface area contributed by atoms with Gasteiger partial charge in [0, 0.05) is 6.20 Å². The standard InChI is InChI=1S/C12H15N3O3S/c1-2-3-7-18-9-5-4-6-15-11(9)13-14-12(15)19-8-10(16)17/h4-6H,2-3,7-8H2,1H3,(H,16,17). The van der Waals surface area contributed by atoms with Gasteiger partial charge in [0.05, 0.1) is 12.4 Å². The fraction of sp³-hybridized carbons (Fsp3) is 0.417. The number of thioether (sulfide) groups is 1. The highest BCUT2D eigenvalue weighted by molar-refractivity contribution is 7.99. The zero-order valence-electron chi connectivity index (χ0n) is 10.6. The van der Waals surface area contributed by atoms with Crippen molar-refractivity contribution < 1.29 is 14.6 Å². The van der Waals surface area contributed by atoms with Crippen LogP contribution in [0.3, 0.4) is 0 Å². The molecule has 0 aliphatic carbocycles. The Morgan fingerprint density at radius 2 is 2.37 bits per heavy atom. The van der Waals surface area contributed by atoms with E-state index < -0.39 is 5.97 Å². The highest BCUT2D eigenvalue weighted by Gasteiger charge is 2.11. The number of carboxylic acid groups (broad SMARTS) is 1. The van der Waals surface area contributed by atoms with E-state index in [2.05, 4.69) is 17.1 Å². The van der Waals surface area contributed by atoms with Gasteiger partial charge in [-0.1, -0.05) is 25.1 Å². The second-order valence-electron chi connectivity index (χ2n) is 3.93. The first kappa shape index (κ1) is 13.7. The Hall–Kier alpha value is -1.76. The van der Waals surface area contributed by atoms with E-state index in [1.807, 2.05) is 12.1 Å². The summed E-state index contributed by atoms with van der Waals surface area (Å²) in [5, 5.41) is 17.3. The molecule has 7 heteroatoms. The summed E-state index contributed by atoms with van der Waals surface area (Å²) in [6, 6.07) is 3.67. The van der Waals surface area contributed by atoms with Crippen molar-refractivity contribution in [3.63, 3.8) is 0 Å². The van der Waals surface area contributed by atoms with Crippen molar-refractivity contribution in [2.45, 2.75) is 24.9 Å². The first-order chi connectivity index (χ1) is 9.22. The minimum absolute atomic E-state index is 0.0400. The summed E-state index contributed by atoms with van der Waals surface area (Å²) in [5.74, 6) is -0.246. The molecule has 0 aliphatic rings. The minimum atomic E-state index is -0.878. The second-order valence-corrected chi connectivity index (χ2v) is 4.88. The molecule has 0 bridgehead atoms. The maximum absolute atomic E-state index is 10.6. The zero-order chi connectivity index (χ0) is 13.7. The maximum atomic E-state index is 10.6. The molecular weight excluding hydrogens is 266 g/mol. The molecule has 0 amide bonds. The molecule has 6 nitrogen and oxygen atoms in total. The van der Waals surface area contributed by atoms with Crippen LogP contribution in [0.5, 0.6) is 5.75 Å². The van der Waals surface area contributed by atoms with Gasteiger partial charge in [-0.05, 0) is 18.6 Å². The number of carbonyl (C=O) groups is 1. The van der Waals surface area contributed by atoms with Crippen molar-refractivity contribution in [3.8, 4) is 5.75 Å². The highest BCUT2D eigenvalue weighted by atomic mass is 32.2. The molecule has 2 aromatic rings. The van der Waals surface area contributed by atoms with Crippen LogP contribution in [0.25, 0.3) is 5.65 Å². The van der Waals surface area contributed by atoms with Gasteiger partial charge in [0.25, 0.3) is 0 Å². The molecule has 102 valence electrons. The lowest BCUT2D eigenvalue weighted by atomic mass is 10.3. The smallest absolute Gasteiger partial charge is 0.313 e. The highest BCUT2D eigenvalue weighted by Crippen LogP contribution is 2.23. The molecule has 1 N–H and O–H groups in total. The lowest BCUT2D eigenvalue weighted by Gasteiger charge is -2.06. The predicted molar refractivity (Wildman–Crippen MR) is 71.7 cm³/mol. The number of aromatic nitrogens is 3. The number of aliphatic carboxylic acids is 1. The quantitative estimate of drug-likeness (QED) is 0.618. The first-order valence-electron chi connectivity index (χ1n) is 6.03. The summed E-state index contributed by atoms with van der Waals surface area (Å²) in [6.45, 7) is 2.74. The van der Waals surface area contributed by atoms with E-state index in [0.29, 0.717) is 23.2 Å². The number of rotatable bonds is 7. The van der Waals surface area contributed by atoms with E-state index in [-0.39, 0.29) is 5.75 Å². The molecule has 0 aromatic carbocycles. The Bertz CT molecular complexity index is 570. The van der Waals surface area contributed by atoms with Crippen molar-refractivity contribution >= 4 is 23.4 Å². The van der Waals surface area contributed by atoms with Crippen molar-refractivity contribution in [1.82, 2.24) is 14.6 Å². The molecule has 2 heterocycles. The summed E-state index contributed by atoms with van der Waals surface area (Å²) in [7, 11) is 0. The van der Waals surface area contributed by atoms with Crippen LogP contribution in [0.2, 0.25) is 0 Å². The molecule has 0 saturated carbocycles. The third-order valence-electron chi connectivity index (χ3n) is 2.45. The average Bonchev–Trinajstić information content (AvgIpc) is 2.81. The molecular formula is C12H15N3O3S. The van der Waals surface area contributed by atoms with Gasteiger partial charge in [-0.3, -0.25) is 9.20 Å². The van der Waals surface area contributed by atoms with E-state index >= 15 is 0 Å². The average molecular weight is 281 g/mol. The van der Waals surface area contributed by atoms with Gasteiger partial charge in [-0.15, -0.1) is 10.2 Å². The molecule has 0 radical (unpaired) electrons. The van der Waals surface area contributed by atoms with E-state index in [0.717, 1.165) is 24.6 Å². The SMILES string of the molecule is CCCCOc1cccn2c(SCC(=O)O)nnc12. The van der Waals surface area contributed by atoms with Gasteiger partial charge in [0.2, 0.25) is 5.65 Å². The number of carboxylic acids is 1. The van der Waals surface area contributed by atoms with Crippen LogP contribution >= 0.6 is 11.8 Å². The van der Waals surface area contributed by atoms with Gasteiger partial charge in [0.1, 0.15) is 0 Å². The molecule has 0 saturated heterocycles. The third kappa shape index (κ3) is 3.37. The summed E-state index contributed by atoms with van der Waals surface area (Å²) < 4.78 is 7.39. The minimum Gasteiger partial charge on any atom is -0.490 e. The summed E-state index contributed by atoms with van der Waals surface area (Å²) in [5.41, 5.74) is 0.617. The van der Waals surface area contributed by atoms with Crippen LogP contribution in [0.15, 0.2) is 23.5 Å². The van der Waals surface area contributed by atoms with Gasteiger partial charge >= 0.3 is 5.97 Å². The molecule has 2 rings (SSSR count). The third-order valence-corrected chi connectivity index (χ3v) is 3.38. The lowest BCUT2D eigenvalue weighted by Crippen LogP contribution is -2.00. The van der Waals surface area contributed by atoms with E-state index in [1.165, 1.54) is 0 Å². The van der Waals surface area contributed by atoms with Gasteiger partial charge in [-0.2, -0.15) is 0 Å². The Morgan fingerprint density at radius 3 is 3.11 bits per heavy atom. The van der Waals surface area contributed by atoms with E-state index in [1.54, 1.807) is 10.6 Å². The molecule has 0 aliphatic heterocycles. The van der Waals surface area contributed by atoms with Crippen molar-refractivity contribution in [3.05, 3.63) is 18.3 Å². The number of unbranched alkanes of at least 4 members (excludes halogenated alkanes) is 1. The molecule has 19 heavy (non-hydrogen) atoms. The van der Waals surface area contributed by atoms with Crippen LogP contribution in [-0.4, -0.2) is 38.0 Å². The van der Waals surface area contributed by atoms with Crippen molar-refractivity contribution in [2.24, 2.45) is 0 Å². The number of hydrogen-bond acceptors (Lipinski definition) is 5. The molecule has 0 atom stereocenters.